The van der Waals surface area contributed by atoms with Gasteiger partial charge in [0.15, 0.2) is 0 Å². The second-order valence-electron chi connectivity index (χ2n) is 8.81. The van der Waals surface area contributed by atoms with Crippen LogP contribution in [0.5, 0.6) is 0 Å². The van der Waals surface area contributed by atoms with Crippen LogP contribution in [0.25, 0.3) is 0 Å². The molecule has 0 bridgehead atoms. The summed E-state index contributed by atoms with van der Waals surface area (Å²) in [7, 11) is 0. The summed E-state index contributed by atoms with van der Waals surface area (Å²) in [6, 6.07) is 1.22. The lowest BCUT2D eigenvalue weighted by Gasteiger charge is -2.46. The molecule has 2 heterocycles. The van der Waals surface area contributed by atoms with E-state index >= 15 is 0 Å². The molecule has 1 N–H and O–H groups in total. The average molecular weight is 294 g/mol. The van der Waals surface area contributed by atoms with Crippen LogP contribution in [-0.4, -0.2) is 48.3 Å². The Balaban J connectivity index is 1.62. The predicted octanol–water partition coefficient (Wildman–Crippen LogP) is 3.19. The molecule has 3 fully saturated rings. The van der Waals surface area contributed by atoms with Crippen molar-refractivity contribution in [3.8, 4) is 0 Å². The minimum absolute atomic E-state index is 0.279. The fourth-order valence-corrected chi connectivity index (χ4v) is 4.71. The summed E-state index contributed by atoms with van der Waals surface area (Å²) in [6.45, 7) is 12.8. The van der Waals surface area contributed by atoms with E-state index in [0.717, 1.165) is 19.6 Å². The highest BCUT2D eigenvalue weighted by Gasteiger charge is 2.44. The Morgan fingerprint density at radius 1 is 1.19 bits per heavy atom. The summed E-state index contributed by atoms with van der Waals surface area (Å²) in [5, 5.41) is 3.66. The van der Waals surface area contributed by atoms with E-state index in [4.69, 9.17) is 4.74 Å². The summed E-state index contributed by atoms with van der Waals surface area (Å²) in [6.07, 6.45) is 8.42. The average Bonchev–Trinajstić information content (AvgIpc) is 2.99. The Labute approximate surface area is 130 Å². The van der Waals surface area contributed by atoms with Crippen molar-refractivity contribution < 1.29 is 4.74 Å². The van der Waals surface area contributed by atoms with Crippen LogP contribution >= 0.6 is 0 Å². The fourth-order valence-electron chi connectivity index (χ4n) is 4.71. The van der Waals surface area contributed by atoms with Crippen LogP contribution in [0.3, 0.4) is 0 Å². The number of ether oxygens (including phenoxy) is 1. The first-order chi connectivity index (χ1) is 9.88. The van der Waals surface area contributed by atoms with E-state index in [9.17, 15) is 0 Å². The summed E-state index contributed by atoms with van der Waals surface area (Å²) in [5.41, 5.74) is 0.609. The first-order valence-electron chi connectivity index (χ1n) is 9.03. The van der Waals surface area contributed by atoms with Gasteiger partial charge in [-0.3, -0.25) is 4.90 Å². The molecular weight excluding hydrogens is 260 g/mol. The number of hydrogen-bond donors (Lipinski definition) is 1. The second kappa shape index (κ2) is 5.82. The zero-order chi connectivity index (χ0) is 15.1. The largest absolute Gasteiger partial charge is 0.370 e. The van der Waals surface area contributed by atoms with E-state index in [1.165, 1.54) is 38.5 Å². The Morgan fingerprint density at radius 3 is 2.57 bits per heavy atom. The standard InChI is InChI=1S/C18H34N2O/c1-14-12-20(16(11-19-14)17(2,3)4)13-15-7-10-18(21-15)8-5-6-9-18/h14-16,19H,5-13H2,1-4H3. The highest BCUT2D eigenvalue weighted by atomic mass is 16.5. The number of piperazine rings is 1. The topological polar surface area (TPSA) is 24.5 Å². The third-order valence-corrected chi connectivity index (χ3v) is 5.90. The van der Waals surface area contributed by atoms with Crippen LogP contribution in [-0.2, 0) is 4.74 Å². The van der Waals surface area contributed by atoms with Gasteiger partial charge in [-0.1, -0.05) is 33.6 Å². The molecule has 3 unspecified atom stereocenters. The third-order valence-electron chi connectivity index (χ3n) is 5.90. The van der Waals surface area contributed by atoms with Gasteiger partial charge in [-0.2, -0.15) is 0 Å². The Hall–Kier alpha value is -0.120. The highest BCUT2D eigenvalue weighted by molar-refractivity contribution is 4.96. The number of nitrogens with one attached hydrogen (secondary N) is 1. The van der Waals surface area contributed by atoms with Gasteiger partial charge in [-0.25, -0.2) is 0 Å². The van der Waals surface area contributed by atoms with Gasteiger partial charge < -0.3 is 10.1 Å². The molecule has 2 aliphatic heterocycles. The molecule has 3 aliphatic rings. The maximum absolute atomic E-state index is 6.55. The van der Waals surface area contributed by atoms with E-state index < -0.39 is 0 Å². The number of rotatable bonds is 2. The lowest BCUT2D eigenvalue weighted by molar-refractivity contribution is -0.0619. The van der Waals surface area contributed by atoms with E-state index in [-0.39, 0.29) is 5.60 Å². The number of hydrogen-bond acceptors (Lipinski definition) is 3. The second-order valence-corrected chi connectivity index (χ2v) is 8.81. The van der Waals surface area contributed by atoms with Crippen molar-refractivity contribution in [1.29, 1.82) is 0 Å². The van der Waals surface area contributed by atoms with Crippen LogP contribution in [0.2, 0.25) is 0 Å². The molecule has 0 aromatic carbocycles. The van der Waals surface area contributed by atoms with Crippen molar-refractivity contribution in [2.24, 2.45) is 5.41 Å². The van der Waals surface area contributed by atoms with Gasteiger partial charge in [0.05, 0.1) is 11.7 Å². The van der Waals surface area contributed by atoms with Gasteiger partial charge >= 0.3 is 0 Å². The van der Waals surface area contributed by atoms with Crippen molar-refractivity contribution >= 4 is 0 Å². The molecule has 3 nitrogen and oxygen atoms in total. The molecule has 3 heteroatoms. The Bertz CT molecular complexity index is 357. The zero-order valence-electron chi connectivity index (χ0n) is 14.5. The first-order valence-corrected chi connectivity index (χ1v) is 9.03. The molecule has 0 amide bonds. The lowest BCUT2D eigenvalue weighted by atomic mass is 9.83. The van der Waals surface area contributed by atoms with Crippen LogP contribution in [0, 0.1) is 5.41 Å². The SMILES string of the molecule is CC1CN(CC2CCC3(CCCC3)O2)C(C(C)(C)C)CN1. The molecule has 3 atom stereocenters. The van der Waals surface area contributed by atoms with Crippen molar-refractivity contribution in [3.63, 3.8) is 0 Å². The lowest BCUT2D eigenvalue weighted by Crippen LogP contribution is -2.61. The third kappa shape index (κ3) is 3.46. The summed E-state index contributed by atoms with van der Waals surface area (Å²) >= 11 is 0. The quantitative estimate of drug-likeness (QED) is 0.846. The van der Waals surface area contributed by atoms with Crippen molar-refractivity contribution in [3.05, 3.63) is 0 Å². The molecule has 1 aliphatic carbocycles. The minimum atomic E-state index is 0.279. The molecule has 1 spiro atoms. The van der Waals surface area contributed by atoms with Crippen LogP contribution in [0.4, 0.5) is 0 Å². The van der Waals surface area contributed by atoms with Gasteiger partial charge in [0, 0.05) is 31.7 Å². The van der Waals surface area contributed by atoms with Crippen LogP contribution in [0.15, 0.2) is 0 Å². The summed E-state index contributed by atoms with van der Waals surface area (Å²) in [5.74, 6) is 0. The molecule has 122 valence electrons. The van der Waals surface area contributed by atoms with E-state index in [1.807, 2.05) is 0 Å². The Morgan fingerprint density at radius 2 is 1.90 bits per heavy atom. The maximum atomic E-state index is 6.55. The monoisotopic (exact) mass is 294 g/mol. The van der Waals surface area contributed by atoms with Gasteiger partial charge in [0.25, 0.3) is 0 Å². The molecule has 1 saturated carbocycles. The van der Waals surface area contributed by atoms with E-state index in [0.29, 0.717) is 23.6 Å². The smallest absolute Gasteiger partial charge is 0.0710 e. The maximum Gasteiger partial charge on any atom is 0.0710 e. The predicted molar refractivity (Wildman–Crippen MR) is 87.6 cm³/mol. The molecule has 21 heavy (non-hydrogen) atoms. The fraction of sp³-hybridized carbons (Fsp3) is 1.00. The highest BCUT2D eigenvalue weighted by Crippen LogP contribution is 2.43. The zero-order valence-corrected chi connectivity index (χ0v) is 14.5. The van der Waals surface area contributed by atoms with Crippen molar-refractivity contribution in [2.75, 3.05) is 19.6 Å². The number of nitrogens with zero attached hydrogens (tertiary/aromatic N) is 1. The van der Waals surface area contributed by atoms with Crippen molar-refractivity contribution in [1.82, 2.24) is 10.2 Å². The molecule has 0 aromatic heterocycles. The van der Waals surface area contributed by atoms with Gasteiger partial charge in [0.1, 0.15) is 0 Å². The van der Waals surface area contributed by atoms with Gasteiger partial charge in [-0.15, -0.1) is 0 Å². The molecule has 3 rings (SSSR count). The van der Waals surface area contributed by atoms with E-state index in [1.54, 1.807) is 0 Å². The summed E-state index contributed by atoms with van der Waals surface area (Å²) < 4.78 is 6.55. The summed E-state index contributed by atoms with van der Waals surface area (Å²) in [4.78, 5) is 2.71. The van der Waals surface area contributed by atoms with Crippen LogP contribution in [0.1, 0.15) is 66.2 Å². The van der Waals surface area contributed by atoms with E-state index in [2.05, 4.69) is 37.9 Å². The van der Waals surface area contributed by atoms with Gasteiger partial charge in [0.2, 0.25) is 0 Å². The minimum Gasteiger partial charge on any atom is -0.370 e. The van der Waals surface area contributed by atoms with Crippen LogP contribution < -0.4 is 5.32 Å². The molecular formula is C18H34N2O. The first kappa shape index (κ1) is 15.8. The Kier molecular flexibility index (Phi) is 4.37. The molecule has 2 saturated heterocycles. The van der Waals surface area contributed by atoms with Crippen molar-refractivity contribution in [2.45, 2.75) is 90.0 Å². The normalized spacial score (nSPS) is 37.4. The van der Waals surface area contributed by atoms with Gasteiger partial charge in [-0.05, 0) is 38.0 Å². The molecule has 0 aromatic rings. The molecule has 0 radical (unpaired) electrons.